The van der Waals surface area contributed by atoms with Crippen molar-refractivity contribution in [2.45, 2.75) is 13.3 Å². The van der Waals surface area contributed by atoms with Crippen LogP contribution in [-0.4, -0.2) is 11.1 Å². The first kappa shape index (κ1) is 9.52. The number of benzene rings is 1. The van der Waals surface area contributed by atoms with E-state index in [1.54, 1.807) is 6.07 Å². The van der Waals surface area contributed by atoms with Crippen LogP contribution in [0.2, 0.25) is 0 Å². The van der Waals surface area contributed by atoms with E-state index in [0.29, 0.717) is 5.56 Å². The first-order valence-electron chi connectivity index (χ1n) is 4.16. The SMILES string of the molecule is C=C(C(=O)O)c1cccc(CC)c1. The fraction of sp³-hybridized carbons (Fsp3) is 0.182. The highest BCUT2D eigenvalue weighted by Gasteiger charge is 2.06. The maximum Gasteiger partial charge on any atom is 0.335 e. The van der Waals surface area contributed by atoms with Crippen molar-refractivity contribution >= 4 is 11.5 Å². The van der Waals surface area contributed by atoms with Gasteiger partial charge in [-0.2, -0.15) is 0 Å². The zero-order chi connectivity index (χ0) is 9.84. The number of rotatable bonds is 3. The Kier molecular flexibility index (Phi) is 2.85. The molecule has 68 valence electrons. The molecule has 0 heterocycles. The molecular formula is C11H12O2. The van der Waals surface area contributed by atoms with E-state index in [1.165, 1.54) is 0 Å². The molecule has 0 aliphatic heterocycles. The molecule has 1 rings (SSSR count). The van der Waals surface area contributed by atoms with E-state index < -0.39 is 5.97 Å². The Morgan fingerprint density at radius 3 is 2.77 bits per heavy atom. The number of hydrogen-bond acceptors (Lipinski definition) is 1. The summed E-state index contributed by atoms with van der Waals surface area (Å²) in [6.07, 6.45) is 0.904. The van der Waals surface area contributed by atoms with Crippen LogP contribution >= 0.6 is 0 Å². The van der Waals surface area contributed by atoms with Gasteiger partial charge in [-0.15, -0.1) is 0 Å². The van der Waals surface area contributed by atoms with Gasteiger partial charge >= 0.3 is 5.97 Å². The van der Waals surface area contributed by atoms with Gasteiger partial charge in [0.2, 0.25) is 0 Å². The van der Waals surface area contributed by atoms with Crippen LogP contribution in [0.5, 0.6) is 0 Å². The van der Waals surface area contributed by atoms with E-state index >= 15 is 0 Å². The molecule has 0 aromatic heterocycles. The number of carboxylic acid groups (broad SMARTS) is 1. The van der Waals surface area contributed by atoms with Gasteiger partial charge in [0.25, 0.3) is 0 Å². The van der Waals surface area contributed by atoms with Gasteiger partial charge in [0, 0.05) is 0 Å². The maximum atomic E-state index is 10.6. The summed E-state index contributed by atoms with van der Waals surface area (Å²) in [5, 5.41) is 8.70. The molecule has 2 nitrogen and oxygen atoms in total. The third-order valence-electron chi connectivity index (χ3n) is 1.94. The molecule has 0 fully saturated rings. The molecule has 0 unspecified atom stereocenters. The van der Waals surface area contributed by atoms with Gasteiger partial charge in [-0.05, 0) is 17.5 Å². The smallest absolute Gasteiger partial charge is 0.335 e. The number of hydrogen-bond donors (Lipinski definition) is 1. The molecule has 0 amide bonds. The van der Waals surface area contributed by atoms with E-state index in [0.717, 1.165) is 12.0 Å². The van der Waals surface area contributed by atoms with Crippen molar-refractivity contribution in [3.63, 3.8) is 0 Å². The van der Waals surface area contributed by atoms with E-state index in [4.69, 9.17) is 5.11 Å². The lowest BCUT2D eigenvalue weighted by atomic mass is 10.0. The van der Waals surface area contributed by atoms with Crippen LogP contribution in [-0.2, 0) is 11.2 Å². The number of aryl methyl sites for hydroxylation is 1. The average molecular weight is 176 g/mol. The summed E-state index contributed by atoms with van der Waals surface area (Å²) in [6, 6.07) is 7.44. The minimum absolute atomic E-state index is 0.148. The molecule has 0 atom stereocenters. The predicted molar refractivity (Wildman–Crippen MR) is 52.5 cm³/mol. The average Bonchev–Trinajstić information content (AvgIpc) is 2.16. The second kappa shape index (κ2) is 3.90. The molecule has 0 radical (unpaired) electrons. The predicted octanol–water partition coefficient (Wildman–Crippen LogP) is 2.35. The Bertz CT molecular complexity index is 340. The van der Waals surface area contributed by atoms with Crippen molar-refractivity contribution in [2.75, 3.05) is 0 Å². The van der Waals surface area contributed by atoms with Crippen molar-refractivity contribution in [3.8, 4) is 0 Å². The van der Waals surface area contributed by atoms with Crippen molar-refractivity contribution in [1.82, 2.24) is 0 Å². The molecule has 0 aliphatic carbocycles. The van der Waals surface area contributed by atoms with Gasteiger partial charge in [-0.25, -0.2) is 4.79 Å². The summed E-state index contributed by atoms with van der Waals surface area (Å²) in [4.78, 5) is 10.6. The Hall–Kier alpha value is -1.57. The lowest BCUT2D eigenvalue weighted by Gasteiger charge is -2.02. The lowest BCUT2D eigenvalue weighted by molar-refractivity contribution is -0.130. The minimum Gasteiger partial charge on any atom is -0.478 e. The van der Waals surface area contributed by atoms with Crippen LogP contribution in [0.15, 0.2) is 30.8 Å². The fourth-order valence-corrected chi connectivity index (χ4v) is 1.10. The maximum absolute atomic E-state index is 10.6. The molecule has 0 aliphatic rings. The highest BCUT2D eigenvalue weighted by Crippen LogP contribution is 2.14. The number of carbonyl (C=O) groups is 1. The van der Waals surface area contributed by atoms with Crippen molar-refractivity contribution < 1.29 is 9.90 Å². The van der Waals surface area contributed by atoms with E-state index in [9.17, 15) is 4.79 Å². The molecule has 0 bridgehead atoms. The highest BCUT2D eigenvalue weighted by molar-refractivity contribution is 6.14. The van der Waals surface area contributed by atoms with Gasteiger partial charge in [-0.3, -0.25) is 0 Å². The molecule has 0 saturated carbocycles. The van der Waals surface area contributed by atoms with E-state index in [1.807, 2.05) is 25.1 Å². The first-order chi connectivity index (χ1) is 6.15. The summed E-state index contributed by atoms with van der Waals surface area (Å²) in [5.41, 5.74) is 1.96. The third kappa shape index (κ3) is 2.18. The van der Waals surface area contributed by atoms with Crippen LogP contribution in [0.4, 0.5) is 0 Å². The molecule has 0 saturated heterocycles. The van der Waals surface area contributed by atoms with E-state index in [-0.39, 0.29) is 5.57 Å². The summed E-state index contributed by atoms with van der Waals surface area (Å²) in [5.74, 6) is -0.965. The molecule has 1 N–H and O–H groups in total. The quantitative estimate of drug-likeness (QED) is 0.718. The molecule has 13 heavy (non-hydrogen) atoms. The Labute approximate surface area is 77.5 Å². The van der Waals surface area contributed by atoms with Crippen molar-refractivity contribution in [2.24, 2.45) is 0 Å². The second-order valence-electron chi connectivity index (χ2n) is 2.84. The largest absolute Gasteiger partial charge is 0.478 e. The van der Waals surface area contributed by atoms with Crippen LogP contribution in [0.1, 0.15) is 18.1 Å². The normalized spacial score (nSPS) is 9.62. The monoisotopic (exact) mass is 176 g/mol. The van der Waals surface area contributed by atoms with Gasteiger partial charge in [-0.1, -0.05) is 37.8 Å². The van der Waals surface area contributed by atoms with Gasteiger partial charge in [0.15, 0.2) is 0 Å². The van der Waals surface area contributed by atoms with Crippen molar-refractivity contribution in [1.29, 1.82) is 0 Å². The van der Waals surface area contributed by atoms with Crippen LogP contribution in [0.3, 0.4) is 0 Å². The Balaban J connectivity index is 3.02. The first-order valence-corrected chi connectivity index (χ1v) is 4.16. The summed E-state index contributed by atoms with van der Waals surface area (Å²) in [7, 11) is 0. The minimum atomic E-state index is -0.965. The number of aliphatic carboxylic acids is 1. The Morgan fingerprint density at radius 1 is 1.54 bits per heavy atom. The topological polar surface area (TPSA) is 37.3 Å². The highest BCUT2D eigenvalue weighted by atomic mass is 16.4. The number of carboxylic acids is 1. The van der Waals surface area contributed by atoms with Gasteiger partial charge in [0.05, 0.1) is 5.57 Å². The summed E-state index contributed by atoms with van der Waals surface area (Å²) in [6.45, 7) is 5.53. The molecule has 2 heteroatoms. The van der Waals surface area contributed by atoms with Crippen molar-refractivity contribution in [3.05, 3.63) is 42.0 Å². The van der Waals surface area contributed by atoms with E-state index in [2.05, 4.69) is 6.58 Å². The lowest BCUT2D eigenvalue weighted by Crippen LogP contribution is -1.98. The third-order valence-corrected chi connectivity index (χ3v) is 1.94. The zero-order valence-corrected chi connectivity index (χ0v) is 7.58. The Morgan fingerprint density at radius 2 is 2.23 bits per heavy atom. The van der Waals surface area contributed by atoms with Crippen LogP contribution in [0.25, 0.3) is 5.57 Å². The van der Waals surface area contributed by atoms with Gasteiger partial charge < -0.3 is 5.11 Å². The summed E-state index contributed by atoms with van der Waals surface area (Å²) < 4.78 is 0. The van der Waals surface area contributed by atoms with Crippen LogP contribution in [0, 0.1) is 0 Å². The standard InChI is InChI=1S/C11H12O2/c1-3-9-5-4-6-10(7-9)8(2)11(12)13/h4-7H,2-3H2,1H3,(H,12,13). The zero-order valence-electron chi connectivity index (χ0n) is 7.58. The molecule has 1 aromatic rings. The second-order valence-corrected chi connectivity index (χ2v) is 2.84. The molecule has 1 aromatic carbocycles. The summed E-state index contributed by atoms with van der Waals surface area (Å²) >= 11 is 0. The molecule has 0 spiro atoms. The fourth-order valence-electron chi connectivity index (χ4n) is 1.10. The van der Waals surface area contributed by atoms with Crippen LogP contribution < -0.4 is 0 Å². The molecular weight excluding hydrogens is 164 g/mol. The van der Waals surface area contributed by atoms with Gasteiger partial charge in [0.1, 0.15) is 0 Å².